The van der Waals surface area contributed by atoms with Gasteiger partial charge in [0.2, 0.25) is 0 Å². The molecule has 50 heavy (non-hydrogen) atoms. The molecule has 0 radical (unpaired) electrons. The monoisotopic (exact) mass is 661 g/mol. The molecule has 0 aliphatic carbocycles. The van der Waals surface area contributed by atoms with Crippen LogP contribution < -0.4 is 0 Å². The minimum Gasteiger partial charge on any atom is -0.309 e. The highest BCUT2D eigenvalue weighted by atomic mass is 15.0. The summed E-state index contributed by atoms with van der Waals surface area (Å²) in [5.41, 5.74) is -3.77. The summed E-state index contributed by atoms with van der Waals surface area (Å²) in [7, 11) is 0. The molecule has 0 aliphatic rings. The van der Waals surface area contributed by atoms with Crippen molar-refractivity contribution in [3.63, 3.8) is 0 Å². The Kier molecular flexibility index (Phi) is 2.99. The van der Waals surface area contributed by atoms with Crippen LogP contribution in [0, 0.1) is 0 Å². The van der Waals surface area contributed by atoms with Gasteiger partial charge in [-0.2, -0.15) is 0 Å². The van der Waals surface area contributed by atoms with E-state index in [4.69, 9.17) is 24.7 Å². The Morgan fingerprint density at radius 1 is 0.320 bits per heavy atom. The second-order valence-electron chi connectivity index (χ2n) is 11.1. The number of hydrogen-bond acceptors (Lipinski definition) is 0. The molecule has 0 saturated heterocycles. The molecule has 0 bridgehead atoms. The number of fused-ring (bicyclic) bond motifs is 6. The van der Waals surface area contributed by atoms with Gasteiger partial charge in [-0.25, -0.2) is 0 Å². The van der Waals surface area contributed by atoms with E-state index >= 15 is 0 Å². The van der Waals surface area contributed by atoms with Crippen LogP contribution >= 0.6 is 0 Å². The summed E-state index contributed by atoms with van der Waals surface area (Å²) in [6.07, 6.45) is 0. The molecule has 10 rings (SSSR count). The number of hydrogen-bond donors (Lipinski definition) is 0. The zero-order chi connectivity index (χ0) is 54.8. The Balaban J connectivity index is 1.25. The van der Waals surface area contributed by atoms with Gasteiger partial charge < -0.3 is 9.13 Å². The fourth-order valence-electron chi connectivity index (χ4n) is 6.09. The number of rotatable bonds is 5. The van der Waals surface area contributed by atoms with E-state index in [1.165, 1.54) is 22.8 Å². The Morgan fingerprint density at radius 3 is 1.52 bits per heavy atom. The van der Waals surface area contributed by atoms with Crippen LogP contribution in [0.15, 0.2) is 194 Å². The first-order chi connectivity index (χ1) is 35.2. The minimum absolute atomic E-state index is 0.112. The second kappa shape index (κ2) is 11.5. The molecule has 2 aromatic heterocycles. The first-order valence-electron chi connectivity index (χ1n) is 27.7. The predicted octanol–water partition coefficient (Wildman–Crippen LogP) is 12.9. The third-order valence-corrected chi connectivity index (χ3v) is 8.29. The van der Waals surface area contributed by atoms with Crippen molar-refractivity contribution in [1.82, 2.24) is 9.13 Å². The number of para-hydroxylation sites is 2. The quantitative estimate of drug-likeness (QED) is 0.174. The van der Waals surface area contributed by atoms with E-state index in [1.807, 2.05) is 0 Å². The first kappa shape index (κ1) is 13.0. The van der Waals surface area contributed by atoms with Gasteiger partial charge in [-0.05, 0) is 93.9 Å². The van der Waals surface area contributed by atoms with Crippen LogP contribution in [0.4, 0.5) is 0 Å². The van der Waals surface area contributed by atoms with Gasteiger partial charge in [-0.1, -0.05) is 133 Å². The van der Waals surface area contributed by atoms with Gasteiger partial charge in [0.15, 0.2) is 0 Å². The van der Waals surface area contributed by atoms with E-state index in [-0.39, 0.29) is 33.1 Å². The van der Waals surface area contributed by atoms with Crippen molar-refractivity contribution in [3.05, 3.63) is 194 Å². The summed E-state index contributed by atoms with van der Waals surface area (Å²) in [5.74, 6) is 0. The summed E-state index contributed by atoms with van der Waals surface area (Å²) in [6.45, 7) is 0. The van der Waals surface area contributed by atoms with Crippen LogP contribution in [0.2, 0.25) is 0 Å². The van der Waals surface area contributed by atoms with Crippen molar-refractivity contribution in [2.24, 2.45) is 0 Å². The third kappa shape index (κ3) is 4.57. The molecule has 8 aromatic carbocycles. The van der Waals surface area contributed by atoms with E-state index in [0.29, 0.717) is 16.3 Å². The van der Waals surface area contributed by atoms with Crippen molar-refractivity contribution < 1.29 is 34.3 Å². The molecule has 0 fully saturated rings. The molecule has 0 aliphatic heterocycles. The molecule has 234 valence electrons. The van der Waals surface area contributed by atoms with Gasteiger partial charge in [0, 0.05) is 32.9 Å². The van der Waals surface area contributed by atoms with Crippen LogP contribution in [0.3, 0.4) is 0 Å². The van der Waals surface area contributed by atoms with E-state index < -0.39 is 190 Å². The van der Waals surface area contributed by atoms with Gasteiger partial charge in [0.05, 0.1) is 56.3 Å². The molecule has 2 heteroatoms. The number of benzene rings is 8. The number of nitrogens with zero attached hydrogens (tertiary/aromatic N) is 2. The van der Waals surface area contributed by atoms with Crippen molar-refractivity contribution in [2.45, 2.75) is 0 Å². The summed E-state index contributed by atoms with van der Waals surface area (Å²) in [5, 5.41) is 0.111. The topological polar surface area (TPSA) is 9.86 Å². The Labute approximate surface area is 325 Å². The highest BCUT2D eigenvalue weighted by molar-refractivity contribution is 6.12. The average Bonchev–Trinajstić information content (AvgIpc) is 3.92. The molecule has 2 heterocycles. The van der Waals surface area contributed by atoms with Crippen LogP contribution in [0.1, 0.15) is 34.3 Å². The summed E-state index contributed by atoms with van der Waals surface area (Å²) >= 11 is 0. The lowest BCUT2D eigenvalue weighted by Crippen LogP contribution is -1.94. The molecule has 0 N–H and O–H groups in total. The predicted molar refractivity (Wildman–Crippen MR) is 211 cm³/mol. The van der Waals surface area contributed by atoms with E-state index in [2.05, 4.69) is 0 Å². The lowest BCUT2D eigenvalue weighted by atomic mass is 10.0. The van der Waals surface area contributed by atoms with Gasteiger partial charge in [-0.3, -0.25) is 0 Å². The standard InChI is InChI=1S/C48H32N2/c1-3-11-33(12-4-1)35-19-25-39(26-20-35)49-45-17-9-7-15-41(45)43-31-37(23-29-47(43)49)38-24-30-48-44(32-38)42-16-8-10-18-46(42)50(48)40-27-21-36(22-28-40)34-13-5-2-6-14-34/h1-32H/i1D,2D,3D,4D,5D,6D,7D,9D,11D,12D,13D,14D,15D,17D,19D,20D,21D,22D,23D,25D,26D,27D,28D,29D,31D. The SMILES string of the molecule is [2H]c1c([2H])c([2H])c(-c2c([2H])c([2H])c(-n3c4ccccc4c4cc(-c5c([2H])c([2H])c6c(c5[2H])c5c([2H])c([2H])c([2H])c([2H])c5n6-c5c([2H])c([2H])c(-c6c([2H])c([2H])c([2H])c([2H])c6[2H])c([2H])c5[2H])ccc43)c([2H])c2[2H])c([2H])c1[2H]. The van der Waals surface area contributed by atoms with Gasteiger partial charge >= 0.3 is 0 Å². The Hall–Kier alpha value is -6.64. The van der Waals surface area contributed by atoms with Crippen LogP contribution in [-0.2, 0) is 0 Å². The number of aromatic nitrogens is 2. The maximum Gasteiger partial charge on any atom is 0.0645 e. The van der Waals surface area contributed by atoms with Gasteiger partial charge in [0.1, 0.15) is 0 Å². The first-order valence-corrected chi connectivity index (χ1v) is 15.2. The normalized spacial score (nSPS) is 18.6. The summed E-state index contributed by atoms with van der Waals surface area (Å²) in [4.78, 5) is 0. The highest BCUT2D eigenvalue weighted by Crippen LogP contribution is 2.38. The minimum atomic E-state index is -0.919. The van der Waals surface area contributed by atoms with Crippen molar-refractivity contribution in [3.8, 4) is 44.8 Å². The maximum absolute atomic E-state index is 9.79. The Morgan fingerprint density at radius 2 is 0.840 bits per heavy atom. The van der Waals surface area contributed by atoms with Crippen molar-refractivity contribution >= 4 is 43.6 Å². The molecule has 0 unspecified atom stereocenters. The van der Waals surface area contributed by atoms with Crippen molar-refractivity contribution in [2.75, 3.05) is 0 Å². The van der Waals surface area contributed by atoms with Crippen LogP contribution in [0.5, 0.6) is 0 Å². The van der Waals surface area contributed by atoms with Crippen LogP contribution in [0.25, 0.3) is 88.4 Å². The molecule has 10 aromatic rings. The maximum atomic E-state index is 9.79. The van der Waals surface area contributed by atoms with E-state index in [1.54, 1.807) is 24.3 Å². The van der Waals surface area contributed by atoms with Crippen molar-refractivity contribution in [1.29, 1.82) is 0 Å². The molecular weight excluding hydrogens is 605 g/mol. The lowest BCUT2D eigenvalue weighted by molar-refractivity contribution is 1.18. The van der Waals surface area contributed by atoms with Crippen LogP contribution in [-0.4, -0.2) is 9.13 Å². The molecule has 0 atom stereocenters. The average molecular weight is 662 g/mol. The fraction of sp³-hybridized carbons (Fsp3) is 0. The third-order valence-electron chi connectivity index (χ3n) is 8.29. The zero-order valence-electron chi connectivity index (χ0n) is 50.4. The molecule has 0 saturated carbocycles. The fourth-order valence-corrected chi connectivity index (χ4v) is 6.09. The van der Waals surface area contributed by atoms with Gasteiger partial charge in [-0.15, -0.1) is 0 Å². The summed E-state index contributed by atoms with van der Waals surface area (Å²) < 4.78 is 223. The molecular formula is C48H32N2. The van der Waals surface area contributed by atoms with E-state index in [9.17, 15) is 9.60 Å². The van der Waals surface area contributed by atoms with Gasteiger partial charge in [0.25, 0.3) is 0 Å². The summed E-state index contributed by atoms with van der Waals surface area (Å²) in [6, 6.07) is -7.83. The van der Waals surface area contributed by atoms with E-state index in [0.717, 1.165) is 4.57 Å². The lowest BCUT2D eigenvalue weighted by Gasteiger charge is -2.11. The smallest absolute Gasteiger partial charge is 0.0645 e. The highest BCUT2D eigenvalue weighted by Gasteiger charge is 2.16. The largest absolute Gasteiger partial charge is 0.309 e. The molecule has 2 nitrogen and oxygen atoms in total. The molecule has 0 spiro atoms. The zero-order valence-corrected chi connectivity index (χ0v) is 25.4. The Bertz CT molecular complexity index is 4190. The second-order valence-corrected chi connectivity index (χ2v) is 11.1. The molecule has 0 amide bonds.